The highest BCUT2D eigenvalue weighted by molar-refractivity contribution is 7.77. The fourth-order valence-electron chi connectivity index (χ4n) is 0.639. The van der Waals surface area contributed by atoms with Crippen LogP contribution in [0, 0.1) is 0 Å². The topological polar surface area (TPSA) is 60.4 Å². The lowest BCUT2D eigenvalue weighted by molar-refractivity contribution is -0.124. The smallest absolute Gasteiger partial charge is 0.230 e. The first kappa shape index (κ1) is 10.6. The fourth-order valence-corrected chi connectivity index (χ4v) is 1.13. The molecule has 1 atom stereocenters. The second kappa shape index (κ2) is 5.26. The van der Waals surface area contributed by atoms with Crippen molar-refractivity contribution in [2.75, 3.05) is 6.54 Å². The summed E-state index contributed by atoms with van der Waals surface area (Å²) in [6.07, 6.45) is 1.59. The summed E-state index contributed by atoms with van der Waals surface area (Å²) in [6.45, 7) is 3.47. The molecule has 0 spiro atoms. The Bertz CT molecular complexity index is 146. The van der Waals surface area contributed by atoms with E-state index in [0.717, 1.165) is 10.7 Å². The summed E-state index contributed by atoms with van der Waals surface area (Å²) < 4.78 is 21.5. The largest absolute Gasteiger partial charge is 0.755 e. The molecule has 0 N–H and O–H groups in total. The number of unbranched alkanes of at least 4 members (excludes halogenated alkanes) is 1. The van der Waals surface area contributed by atoms with Gasteiger partial charge in [-0.25, -0.2) is 0 Å². The van der Waals surface area contributed by atoms with E-state index in [-0.39, 0.29) is 0 Å². The van der Waals surface area contributed by atoms with E-state index in [1.165, 1.54) is 6.92 Å². The van der Waals surface area contributed by atoms with Crippen molar-refractivity contribution in [3.63, 3.8) is 0 Å². The molecule has 0 bridgehead atoms. The Balaban J connectivity index is 3.90. The highest BCUT2D eigenvalue weighted by atomic mass is 32.2. The van der Waals surface area contributed by atoms with Crippen molar-refractivity contribution in [3.8, 4) is 0 Å². The van der Waals surface area contributed by atoms with Crippen LogP contribution in [0.1, 0.15) is 26.7 Å². The third-order valence-electron chi connectivity index (χ3n) is 1.25. The van der Waals surface area contributed by atoms with Crippen LogP contribution in [0.4, 0.5) is 0 Å². The lowest BCUT2D eigenvalue weighted by Gasteiger charge is -2.22. The first-order valence-electron chi connectivity index (χ1n) is 3.47. The molecule has 11 heavy (non-hydrogen) atoms. The predicted octanol–water partition coefficient (Wildman–Crippen LogP) is 0.429. The number of rotatable bonds is 4. The van der Waals surface area contributed by atoms with Gasteiger partial charge < -0.3 is 4.55 Å². The molecular formula is C6H12NO3S-. The van der Waals surface area contributed by atoms with Gasteiger partial charge in [0.2, 0.25) is 5.91 Å². The van der Waals surface area contributed by atoms with Crippen LogP contribution in [0.25, 0.3) is 0 Å². The SMILES string of the molecule is CCCCN(C(C)=O)S(=O)[O-]. The molecule has 4 nitrogen and oxygen atoms in total. The van der Waals surface area contributed by atoms with Crippen LogP contribution in [0.2, 0.25) is 0 Å². The van der Waals surface area contributed by atoms with Crippen LogP contribution >= 0.6 is 0 Å². The molecule has 0 aromatic carbocycles. The quantitative estimate of drug-likeness (QED) is 0.586. The van der Waals surface area contributed by atoms with Gasteiger partial charge in [-0.3, -0.25) is 13.3 Å². The highest BCUT2D eigenvalue weighted by Crippen LogP contribution is 1.97. The zero-order valence-electron chi connectivity index (χ0n) is 6.70. The highest BCUT2D eigenvalue weighted by Gasteiger charge is 2.06. The van der Waals surface area contributed by atoms with Crippen molar-refractivity contribution >= 4 is 17.2 Å². The van der Waals surface area contributed by atoms with Gasteiger partial charge in [0.1, 0.15) is 0 Å². The molecule has 0 aliphatic carbocycles. The Morgan fingerprint density at radius 1 is 1.64 bits per heavy atom. The minimum atomic E-state index is -2.40. The lowest BCUT2D eigenvalue weighted by atomic mass is 10.3. The molecule has 0 aromatic rings. The Hall–Kier alpha value is -0.420. The van der Waals surface area contributed by atoms with Gasteiger partial charge in [-0.15, -0.1) is 0 Å². The summed E-state index contributed by atoms with van der Waals surface area (Å²) in [5.41, 5.74) is 0. The number of carbonyl (C=O) groups is 1. The van der Waals surface area contributed by atoms with Crippen molar-refractivity contribution in [1.82, 2.24) is 4.31 Å². The molecule has 0 heterocycles. The van der Waals surface area contributed by atoms with E-state index in [2.05, 4.69) is 0 Å². The first-order valence-corrected chi connectivity index (χ1v) is 4.50. The van der Waals surface area contributed by atoms with Crippen LogP contribution in [0.15, 0.2) is 0 Å². The van der Waals surface area contributed by atoms with Crippen LogP contribution in [-0.2, 0) is 16.1 Å². The summed E-state index contributed by atoms with van der Waals surface area (Å²) in [5, 5.41) is 0. The molecule has 0 saturated carbocycles. The molecule has 0 aliphatic heterocycles. The van der Waals surface area contributed by atoms with Crippen molar-refractivity contribution in [2.24, 2.45) is 0 Å². The van der Waals surface area contributed by atoms with Crippen molar-refractivity contribution in [2.45, 2.75) is 26.7 Å². The molecule has 0 aliphatic rings. The van der Waals surface area contributed by atoms with Gasteiger partial charge in [-0.1, -0.05) is 13.3 Å². The van der Waals surface area contributed by atoms with E-state index in [1.807, 2.05) is 6.92 Å². The Morgan fingerprint density at radius 3 is 2.45 bits per heavy atom. The number of hydrogen-bond acceptors (Lipinski definition) is 3. The summed E-state index contributed by atoms with van der Waals surface area (Å²) in [6, 6.07) is 0. The minimum Gasteiger partial charge on any atom is -0.755 e. The molecule has 1 unspecified atom stereocenters. The molecule has 5 heteroatoms. The number of carbonyl (C=O) groups excluding carboxylic acids is 1. The van der Waals surface area contributed by atoms with Crippen molar-refractivity contribution < 1.29 is 13.6 Å². The Morgan fingerprint density at radius 2 is 2.18 bits per heavy atom. The maximum absolute atomic E-state index is 10.6. The molecular weight excluding hydrogens is 166 g/mol. The van der Waals surface area contributed by atoms with Crippen molar-refractivity contribution in [3.05, 3.63) is 0 Å². The fraction of sp³-hybridized carbons (Fsp3) is 0.833. The third kappa shape index (κ3) is 4.10. The van der Waals surface area contributed by atoms with Gasteiger partial charge >= 0.3 is 0 Å². The van der Waals surface area contributed by atoms with Crippen LogP contribution < -0.4 is 0 Å². The van der Waals surface area contributed by atoms with Gasteiger partial charge in [0.05, 0.1) is 0 Å². The molecule has 0 aromatic heterocycles. The first-order chi connectivity index (χ1) is 5.09. The zero-order chi connectivity index (χ0) is 8.85. The molecule has 1 amide bonds. The van der Waals surface area contributed by atoms with Crippen molar-refractivity contribution in [1.29, 1.82) is 0 Å². The molecule has 66 valence electrons. The Kier molecular flexibility index (Phi) is 5.06. The van der Waals surface area contributed by atoms with Gasteiger partial charge in [0, 0.05) is 24.7 Å². The monoisotopic (exact) mass is 178 g/mol. The van der Waals surface area contributed by atoms with Gasteiger partial charge in [-0.2, -0.15) is 0 Å². The predicted molar refractivity (Wildman–Crippen MR) is 41.2 cm³/mol. The lowest BCUT2D eigenvalue weighted by Crippen LogP contribution is -2.31. The minimum absolute atomic E-state index is 0.294. The second-order valence-corrected chi connectivity index (χ2v) is 3.07. The van der Waals surface area contributed by atoms with Gasteiger partial charge in [0.15, 0.2) is 0 Å². The molecule has 0 fully saturated rings. The maximum atomic E-state index is 10.6. The van der Waals surface area contributed by atoms with E-state index in [4.69, 9.17) is 0 Å². The number of nitrogens with zero attached hydrogens (tertiary/aromatic N) is 1. The van der Waals surface area contributed by atoms with E-state index in [9.17, 15) is 13.6 Å². The average molecular weight is 178 g/mol. The van der Waals surface area contributed by atoms with Crippen LogP contribution in [0.5, 0.6) is 0 Å². The van der Waals surface area contributed by atoms with Gasteiger partial charge in [0.25, 0.3) is 0 Å². The molecule has 0 rings (SSSR count). The van der Waals surface area contributed by atoms with E-state index in [0.29, 0.717) is 13.0 Å². The van der Waals surface area contributed by atoms with Gasteiger partial charge in [-0.05, 0) is 6.42 Å². The summed E-state index contributed by atoms with van der Waals surface area (Å²) in [4.78, 5) is 10.6. The van der Waals surface area contributed by atoms with E-state index < -0.39 is 17.2 Å². The third-order valence-corrected chi connectivity index (χ3v) is 2.05. The molecule has 0 radical (unpaired) electrons. The average Bonchev–Trinajstić information content (AvgIpc) is 1.87. The number of amides is 1. The summed E-state index contributed by atoms with van der Waals surface area (Å²) in [5.74, 6) is -0.424. The summed E-state index contributed by atoms with van der Waals surface area (Å²) >= 11 is -2.40. The second-order valence-electron chi connectivity index (χ2n) is 2.19. The number of hydrogen-bond donors (Lipinski definition) is 0. The maximum Gasteiger partial charge on any atom is 0.230 e. The molecule has 0 saturated heterocycles. The normalized spacial score (nSPS) is 12.6. The van der Waals surface area contributed by atoms with Crippen LogP contribution in [0.3, 0.4) is 0 Å². The zero-order valence-corrected chi connectivity index (χ0v) is 7.52. The van der Waals surface area contributed by atoms with E-state index >= 15 is 0 Å². The Labute approximate surface area is 69.0 Å². The standard InChI is InChI=1S/C6H13NO3S/c1-3-4-5-7(6(2)8)11(9)10/h3-5H2,1-2H3,(H,9,10)/p-1. The summed E-state index contributed by atoms with van der Waals surface area (Å²) in [7, 11) is 0. The van der Waals surface area contributed by atoms with E-state index in [1.54, 1.807) is 0 Å². The van der Waals surface area contributed by atoms with Crippen LogP contribution in [-0.4, -0.2) is 25.5 Å².